The van der Waals surface area contributed by atoms with Crippen LogP contribution >= 0.6 is 0 Å². The molecule has 0 saturated heterocycles. The lowest BCUT2D eigenvalue weighted by atomic mass is 9.79. The van der Waals surface area contributed by atoms with Gasteiger partial charge in [-0.1, -0.05) is 19.0 Å². The minimum atomic E-state index is -0.270. The van der Waals surface area contributed by atoms with Crippen LogP contribution in [0.1, 0.15) is 43.6 Å². The van der Waals surface area contributed by atoms with Crippen molar-refractivity contribution in [2.45, 2.75) is 33.1 Å². The van der Waals surface area contributed by atoms with Crippen LogP contribution in [-0.4, -0.2) is 34.3 Å². The van der Waals surface area contributed by atoms with E-state index in [-0.39, 0.29) is 23.6 Å². The zero-order valence-corrected chi connectivity index (χ0v) is 13.6. The number of nitrogens with one attached hydrogen (secondary N) is 1. The fourth-order valence-electron chi connectivity index (χ4n) is 2.56. The SMILES string of the molecule is CCC(CC)(CCO)CNC(=O)c1cc(-c2cccnc2)on1. The molecular formula is C17H23N3O3. The molecule has 2 heterocycles. The Hall–Kier alpha value is -2.21. The Bertz CT molecular complexity index is 621. The van der Waals surface area contributed by atoms with Crippen LogP contribution in [0.4, 0.5) is 0 Å². The van der Waals surface area contributed by atoms with E-state index in [9.17, 15) is 9.90 Å². The van der Waals surface area contributed by atoms with Gasteiger partial charge in [-0.25, -0.2) is 0 Å². The molecule has 2 aromatic rings. The van der Waals surface area contributed by atoms with Crippen LogP contribution in [0.25, 0.3) is 11.3 Å². The van der Waals surface area contributed by atoms with Crippen LogP contribution in [0.2, 0.25) is 0 Å². The molecule has 0 aliphatic rings. The van der Waals surface area contributed by atoms with Crippen LogP contribution < -0.4 is 5.32 Å². The van der Waals surface area contributed by atoms with E-state index in [1.165, 1.54) is 0 Å². The summed E-state index contributed by atoms with van der Waals surface area (Å²) < 4.78 is 5.21. The van der Waals surface area contributed by atoms with Crippen LogP contribution in [0, 0.1) is 5.41 Å². The van der Waals surface area contributed by atoms with E-state index in [1.807, 2.05) is 6.07 Å². The van der Waals surface area contributed by atoms with Crippen LogP contribution in [0.15, 0.2) is 35.1 Å². The van der Waals surface area contributed by atoms with E-state index < -0.39 is 0 Å². The van der Waals surface area contributed by atoms with E-state index in [1.54, 1.807) is 24.5 Å². The van der Waals surface area contributed by atoms with Crippen molar-refractivity contribution >= 4 is 5.91 Å². The average molecular weight is 317 g/mol. The van der Waals surface area contributed by atoms with Gasteiger partial charge in [0.15, 0.2) is 11.5 Å². The number of carbonyl (C=O) groups is 1. The van der Waals surface area contributed by atoms with Crippen molar-refractivity contribution in [3.05, 3.63) is 36.3 Å². The maximum Gasteiger partial charge on any atom is 0.273 e. The number of carbonyl (C=O) groups excluding carboxylic acids is 1. The van der Waals surface area contributed by atoms with Crippen molar-refractivity contribution < 1.29 is 14.4 Å². The second-order valence-electron chi connectivity index (χ2n) is 5.68. The number of aromatic nitrogens is 2. The van der Waals surface area contributed by atoms with E-state index in [0.29, 0.717) is 18.7 Å². The van der Waals surface area contributed by atoms with Crippen LogP contribution in [0.3, 0.4) is 0 Å². The summed E-state index contributed by atoms with van der Waals surface area (Å²) in [6.45, 7) is 4.77. The number of hydrogen-bond acceptors (Lipinski definition) is 5. The number of pyridine rings is 1. The molecule has 0 spiro atoms. The summed E-state index contributed by atoms with van der Waals surface area (Å²) in [7, 11) is 0. The zero-order chi connectivity index (χ0) is 16.7. The largest absolute Gasteiger partial charge is 0.396 e. The van der Waals surface area contributed by atoms with Gasteiger partial charge in [-0.15, -0.1) is 0 Å². The van der Waals surface area contributed by atoms with Crippen molar-refractivity contribution in [1.29, 1.82) is 0 Å². The maximum absolute atomic E-state index is 12.3. The molecule has 0 bridgehead atoms. The molecule has 6 heteroatoms. The van der Waals surface area contributed by atoms with Gasteiger partial charge in [0.25, 0.3) is 5.91 Å². The Morgan fingerprint density at radius 2 is 2.17 bits per heavy atom. The molecule has 6 nitrogen and oxygen atoms in total. The molecule has 2 aromatic heterocycles. The number of aliphatic hydroxyl groups is 1. The van der Waals surface area contributed by atoms with E-state index in [2.05, 4.69) is 29.3 Å². The second-order valence-corrected chi connectivity index (χ2v) is 5.68. The quantitative estimate of drug-likeness (QED) is 0.781. The molecule has 0 aliphatic carbocycles. The molecule has 0 fully saturated rings. The zero-order valence-electron chi connectivity index (χ0n) is 13.6. The van der Waals surface area contributed by atoms with Gasteiger partial charge in [-0.3, -0.25) is 9.78 Å². The van der Waals surface area contributed by atoms with E-state index in [4.69, 9.17) is 4.52 Å². The summed E-state index contributed by atoms with van der Waals surface area (Å²) in [6, 6.07) is 5.25. The standard InChI is InChI=1S/C17H23N3O3/c1-3-17(4-2,7-9-21)12-19-16(22)14-10-15(23-20-14)13-6-5-8-18-11-13/h5-6,8,10-11,21H,3-4,7,9,12H2,1-2H3,(H,19,22). The van der Waals surface area contributed by atoms with Crippen molar-refractivity contribution in [1.82, 2.24) is 15.5 Å². The first-order valence-electron chi connectivity index (χ1n) is 7.90. The lowest BCUT2D eigenvalue weighted by Crippen LogP contribution is -2.37. The smallest absolute Gasteiger partial charge is 0.273 e. The highest BCUT2D eigenvalue weighted by Gasteiger charge is 2.27. The molecule has 124 valence electrons. The average Bonchev–Trinajstić information content (AvgIpc) is 3.09. The minimum Gasteiger partial charge on any atom is -0.396 e. The highest BCUT2D eigenvalue weighted by Crippen LogP contribution is 2.29. The van der Waals surface area contributed by atoms with Gasteiger partial charge in [-0.05, 0) is 36.8 Å². The first-order valence-corrected chi connectivity index (χ1v) is 7.90. The normalized spacial score (nSPS) is 11.4. The number of hydrogen-bond donors (Lipinski definition) is 2. The molecule has 2 rings (SSSR count). The molecule has 0 saturated carbocycles. The molecule has 1 amide bonds. The summed E-state index contributed by atoms with van der Waals surface area (Å²) in [5, 5.41) is 16.0. The summed E-state index contributed by atoms with van der Waals surface area (Å²) >= 11 is 0. The maximum atomic E-state index is 12.3. The summed E-state index contributed by atoms with van der Waals surface area (Å²) in [5.41, 5.74) is 0.935. The highest BCUT2D eigenvalue weighted by atomic mass is 16.5. The van der Waals surface area contributed by atoms with Gasteiger partial charge in [0.1, 0.15) is 0 Å². The minimum absolute atomic E-state index is 0.0830. The van der Waals surface area contributed by atoms with Gasteiger partial charge in [0, 0.05) is 37.2 Å². The fourth-order valence-corrected chi connectivity index (χ4v) is 2.56. The highest BCUT2D eigenvalue weighted by molar-refractivity contribution is 5.93. The summed E-state index contributed by atoms with van der Waals surface area (Å²) in [6.07, 6.45) is 5.78. The number of rotatable bonds is 8. The van der Waals surface area contributed by atoms with Gasteiger partial charge >= 0.3 is 0 Å². The lowest BCUT2D eigenvalue weighted by molar-refractivity contribution is 0.0898. The Kier molecular flexibility index (Phi) is 5.87. The third kappa shape index (κ3) is 4.16. The fraction of sp³-hybridized carbons (Fsp3) is 0.471. The Morgan fingerprint density at radius 1 is 1.39 bits per heavy atom. The molecule has 2 N–H and O–H groups in total. The van der Waals surface area contributed by atoms with Gasteiger partial charge in [-0.2, -0.15) is 0 Å². The van der Waals surface area contributed by atoms with Crippen LogP contribution in [-0.2, 0) is 0 Å². The van der Waals surface area contributed by atoms with Crippen molar-refractivity contribution in [3.63, 3.8) is 0 Å². The van der Waals surface area contributed by atoms with E-state index in [0.717, 1.165) is 18.4 Å². The van der Waals surface area contributed by atoms with E-state index >= 15 is 0 Å². The number of nitrogens with zero attached hydrogens (tertiary/aromatic N) is 2. The molecular weight excluding hydrogens is 294 g/mol. The third-order valence-corrected chi connectivity index (χ3v) is 4.45. The Morgan fingerprint density at radius 3 is 2.78 bits per heavy atom. The Balaban J connectivity index is 2.03. The summed E-state index contributed by atoms with van der Waals surface area (Å²) in [5.74, 6) is 0.240. The van der Waals surface area contributed by atoms with Gasteiger partial charge < -0.3 is 14.9 Å². The molecule has 23 heavy (non-hydrogen) atoms. The number of aliphatic hydroxyl groups excluding tert-OH is 1. The van der Waals surface area contributed by atoms with Gasteiger partial charge in [0.2, 0.25) is 0 Å². The molecule has 0 aliphatic heterocycles. The Labute approximate surface area is 135 Å². The first kappa shape index (κ1) is 17.1. The lowest BCUT2D eigenvalue weighted by Gasteiger charge is -2.31. The molecule has 0 unspecified atom stereocenters. The van der Waals surface area contributed by atoms with Crippen LogP contribution in [0.5, 0.6) is 0 Å². The van der Waals surface area contributed by atoms with Gasteiger partial charge in [0.05, 0.1) is 0 Å². The third-order valence-electron chi connectivity index (χ3n) is 4.45. The predicted octanol–water partition coefficient (Wildman–Crippen LogP) is 2.66. The van der Waals surface area contributed by atoms with Crippen molar-refractivity contribution in [2.75, 3.05) is 13.2 Å². The second kappa shape index (κ2) is 7.87. The monoisotopic (exact) mass is 317 g/mol. The first-order chi connectivity index (χ1) is 11.1. The molecule has 0 aromatic carbocycles. The summed E-state index contributed by atoms with van der Waals surface area (Å²) in [4.78, 5) is 16.3. The topological polar surface area (TPSA) is 88.2 Å². The molecule has 0 radical (unpaired) electrons. The predicted molar refractivity (Wildman–Crippen MR) is 86.8 cm³/mol. The van der Waals surface area contributed by atoms with Crippen molar-refractivity contribution in [3.8, 4) is 11.3 Å². The van der Waals surface area contributed by atoms with Crippen molar-refractivity contribution in [2.24, 2.45) is 5.41 Å². The number of amides is 1. The molecule has 0 atom stereocenters.